The summed E-state index contributed by atoms with van der Waals surface area (Å²) in [4.78, 5) is 10.9. The summed E-state index contributed by atoms with van der Waals surface area (Å²) in [5.74, 6) is -1.08. The molecule has 1 aromatic rings. The van der Waals surface area contributed by atoms with Gasteiger partial charge in [-0.1, -0.05) is 0 Å². The summed E-state index contributed by atoms with van der Waals surface area (Å²) in [6.45, 7) is 3.08. The van der Waals surface area contributed by atoms with Crippen LogP contribution in [0.4, 0.5) is 0 Å². The standard InChI is InChI=1S/C11H14O5S/c1-7(2)17(14,15)8-4-5-10(16-3)9(6-8)11(12)13/h4-7H,1-3H3,(H,12,13). The van der Waals surface area contributed by atoms with Gasteiger partial charge in [-0.05, 0) is 32.0 Å². The molecule has 17 heavy (non-hydrogen) atoms. The summed E-state index contributed by atoms with van der Waals surface area (Å²) in [6, 6.07) is 3.82. The van der Waals surface area contributed by atoms with Crippen molar-refractivity contribution in [2.45, 2.75) is 24.0 Å². The van der Waals surface area contributed by atoms with Gasteiger partial charge in [0, 0.05) is 0 Å². The van der Waals surface area contributed by atoms with Gasteiger partial charge in [0.25, 0.3) is 0 Å². The summed E-state index contributed by atoms with van der Waals surface area (Å²) in [7, 11) is -2.15. The summed E-state index contributed by atoms with van der Waals surface area (Å²) in [5.41, 5.74) is -0.158. The number of hydrogen-bond acceptors (Lipinski definition) is 4. The lowest BCUT2D eigenvalue weighted by Gasteiger charge is -2.10. The van der Waals surface area contributed by atoms with Crippen LogP contribution in [0.1, 0.15) is 24.2 Å². The first-order valence-corrected chi connectivity index (χ1v) is 6.50. The zero-order valence-corrected chi connectivity index (χ0v) is 10.6. The van der Waals surface area contributed by atoms with Gasteiger partial charge in [0.05, 0.1) is 17.3 Å². The van der Waals surface area contributed by atoms with Gasteiger partial charge >= 0.3 is 5.97 Å². The zero-order valence-electron chi connectivity index (χ0n) is 9.80. The number of hydrogen-bond donors (Lipinski definition) is 1. The third-order valence-electron chi connectivity index (χ3n) is 2.35. The van der Waals surface area contributed by atoms with Crippen molar-refractivity contribution in [2.24, 2.45) is 0 Å². The number of aromatic carboxylic acids is 1. The van der Waals surface area contributed by atoms with Crippen LogP contribution in [0.5, 0.6) is 5.75 Å². The molecule has 1 N–H and O–H groups in total. The average Bonchev–Trinajstić information content (AvgIpc) is 2.27. The Morgan fingerprint density at radius 1 is 1.35 bits per heavy atom. The Hall–Kier alpha value is -1.56. The average molecular weight is 258 g/mol. The van der Waals surface area contributed by atoms with E-state index in [0.29, 0.717) is 0 Å². The van der Waals surface area contributed by atoms with Crippen LogP contribution in [0.25, 0.3) is 0 Å². The molecule has 0 aliphatic carbocycles. The first-order valence-electron chi connectivity index (χ1n) is 4.96. The van der Waals surface area contributed by atoms with Gasteiger partial charge in [-0.15, -0.1) is 0 Å². The summed E-state index contributed by atoms with van der Waals surface area (Å²) in [5, 5.41) is 8.35. The van der Waals surface area contributed by atoms with Crippen LogP contribution in [0.3, 0.4) is 0 Å². The van der Waals surface area contributed by atoms with Gasteiger partial charge in [-0.2, -0.15) is 0 Å². The molecule has 0 saturated heterocycles. The van der Waals surface area contributed by atoms with E-state index < -0.39 is 21.1 Å². The maximum Gasteiger partial charge on any atom is 0.339 e. The lowest BCUT2D eigenvalue weighted by atomic mass is 10.2. The Morgan fingerprint density at radius 3 is 2.35 bits per heavy atom. The fraction of sp³-hybridized carbons (Fsp3) is 0.364. The molecule has 0 bridgehead atoms. The van der Waals surface area contributed by atoms with Crippen molar-refractivity contribution >= 4 is 15.8 Å². The normalized spacial score (nSPS) is 11.5. The number of ether oxygens (including phenoxy) is 1. The number of rotatable bonds is 4. The third kappa shape index (κ3) is 2.58. The minimum Gasteiger partial charge on any atom is -0.496 e. The van der Waals surface area contributed by atoms with E-state index in [1.807, 2.05) is 0 Å². The highest BCUT2D eigenvalue weighted by atomic mass is 32.2. The molecule has 6 heteroatoms. The van der Waals surface area contributed by atoms with E-state index in [4.69, 9.17) is 9.84 Å². The minimum atomic E-state index is -3.48. The van der Waals surface area contributed by atoms with Crippen LogP contribution < -0.4 is 4.74 Å². The monoisotopic (exact) mass is 258 g/mol. The predicted octanol–water partition coefficient (Wildman–Crippen LogP) is 1.58. The molecular weight excluding hydrogens is 244 g/mol. The summed E-state index contributed by atoms with van der Waals surface area (Å²) < 4.78 is 28.6. The van der Waals surface area contributed by atoms with Gasteiger partial charge < -0.3 is 9.84 Å². The molecule has 0 fully saturated rings. The molecule has 0 radical (unpaired) electrons. The molecule has 0 heterocycles. The van der Waals surface area contributed by atoms with E-state index in [-0.39, 0.29) is 16.2 Å². The Labute approximate surface area is 100.0 Å². The second-order valence-corrected chi connectivity index (χ2v) is 6.27. The molecule has 0 aliphatic heterocycles. The molecule has 0 amide bonds. The number of carboxylic acids is 1. The Kier molecular flexibility index (Phi) is 3.77. The van der Waals surface area contributed by atoms with Crippen molar-refractivity contribution in [3.8, 4) is 5.75 Å². The summed E-state index contributed by atoms with van der Waals surface area (Å²) in [6.07, 6.45) is 0. The number of carbonyl (C=O) groups is 1. The van der Waals surface area contributed by atoms with Crippen molar-refractivity contribution in [3.05, 3.63) is 23.8 Å². The molecule has 0 spiro atoms. The molecule has 94 valence electrons. The quantitative estimate of drug-likeness (QED) is 0.886. The smallest absolute Gasteiger partial charge is 0.339 e. The van der Waals surface area contributed by atoms with Crippen LogP contribution in [-0.2, 0) is 9.84 Å². The van der Waals surface area contributed by atoms with Gasteiger partial charge in [0.1, 0.15) is 11.3 Å². The lowest BCUT2D eigenvalue weighted by molar-refractivity contribution is 0.0693. The number of carboxylic acid groups (broad SMARTS) is 1. The van der Waals surface area contributed by atoms with Crippen LogP contribution in [0.2, 0.25) is 0 Å². The van der Waals surface area contributed by atoms with E-state index in [0.717, 1.165) is 6.07 Å². The molecule has 5 nitrogen and oxygen atoms in total. The summed E-state index contributed by atoms with van der Waals surface area (Å²) >= 11 is 0. The van der Waals surface area contributed by atoms with E-state index in [1.165, 1.54) is 19.2 Å². The third-order valence-corrected chi connectivity index (χ3v) is 4.50. The lowest BCUT2D eigenvalue weighted by Crippen LogP contribution is -2.15. The van der Waals surface area contributed by atoms with Gasteiger partial charge in [-0.3, -0.25) is 0 Å². The number of sulfone groups is 1. The maximum absolute atomic E-state index is 11.9. The van der Waals surface area contributed by atoms with E-state index in [9.17, 15) is 13.2 Å². The van der Waals surface area contributed by atoms with Crippen molar-refractivity contribution in [2.75, 3.05) is 7.11 Å². The molecule has 0 unspecified atom stereocenters. The second kappa shape index (κ2) is 4.75. The predicted molar refractivity (Wildman–Crippen MR) is 62.3 cm³/mol. The van der Waals surface area contributed by atoms with Crippen molar-refractivity contribution < 1.29 is 23.1 Å². The van der Waals surface area contributed by atoms with E-state index in [1.54, 1.807) is 13.8 Å². The molecule has 1 rings (SSSR count). The molecule has 0 aliphatic rings. The van der Waals surface area contributed by atoms with Gasteiger partial charge in [-0.25, -0.2) is 13.2 Å². The van der Waals surface area contributed by atoms with Gasteiger partial charge in [0.2, 0.25) is 0 Å². The fourth-order valence-corrected chi connectivity index (χ4v) is 2.39. The zero-order chi connectivity index (χ0) is 13.2. The largest absolute Gasteiger partial charge is 0.496 e. The number of methoxy groups -OCH3 is 1. The second-order valence-electron chi connectivity index (χ2n) is 3.76. The van der Waals surface area contributed by atoms with E-state index >= 15 is 0 Å². The first-order chi connectivity index (χ1) is 7.80. The highest BCUT2D eigenvalue weighted by Crippen LogP contribution is 2.24. The highest BCUT2D eigenvalue weighted by molar-refractivity contribution is 7.92. The van der Waals surface area contributed by atoms with Crippen LogP contribution in [0.15, 0.2) is 23.1 Å². The highest BCUT2D eigenvalue weighted by Gasteiger charge is 2.22. The molecular formula is C11H14O5S. The van der Waals surface area contributed by atoms with Crippen LogP contribution in [0, 0.1) is 0 Å². The van der Waals surface area contributed by atoms with Crippen molar-refractivity contribution in [1.82, 2.24) is 0 Å². The molecule has 1 aromatic carbocycles. The molecule has 0 atom stereocenters. The first kappa shape index (κ1) is 13.5. The van der Waals surface area contributed by atoms with Crippen molar-refractivity contribution in [3.63, 3.8) is 0 Å². The topological polar surface area (TPSA) is 80.7 Å². The Bertz CT molecular complexity index is 531. The van der Waals surface area contributed by atoms with Crippen molar-refractivity contribution in [1.29, 1.82) is 0 Å². The van der Waals surface area contributed by atoms with Crippen LogP contribution >= 0.6 is 0 Å². The minimum absolute atomic E-state index is 0.00861. The van der Waals surface area contributed by atoms with Gasteiger partial charge in [0.15, 0.2) is 9.84 Å². The molecule has 0 aromatic heterocycles. The number of benzene rings is 1. The molecule has 0 saturated carbocycles. The SMILES string of the molecule is COc1ccc(S(=O)(=O)C(C)C)cc1C(=O)O. The fourth-order valence-electron chi connectivity index (χ4n) is 1.30. The maximum atomic E-state index is 11.9. The Morgan fingerprint density at radius 2 is 1.94 bits per heavy atom. The van der Waals surface area contributed by atoms with E-state index in [2.05, 4.69) is 0 Å². The Balaban J connectivity index is 3.41. The van der Waals surface area contributed by atoms with Crippen LogP contribution in [-0.4, -0.2) is 31.9 Å².